The summed E-state index contributed by atoms with van der Waals surface area (Å²) in [5, 5.41) is 4.78. The summed E-state index contributed by atoms with van der Waals surface area (Å²) >= 11 is 0. The highest BCUT2D eigenvalue weighted by atomic mass is 31.1. The number of aldehydes is 2. The third kappa shape index (κ3) is 5.10. The van der Waals surface area contributed by atoms with Gasteiger partial charge in [0.2, 0.25) is 0 Å². The zero-order chi connectivity index (χ0) is 22.2. The van der Waals surface area contributed by atoms with Gasteiger partial charge in [-0.25, -0.2) is 0 Å². The van der Waals surface area contributed by atoms with Gasteiger partial charge in [0.25, 0.3) is 0 Å². The van der Waals surface area contributed by atoms with Crippen molar-refractivity contribution in [2.24, 2.45) is 0 Å². The van der Waals surface area contributed by atoms with E-state index in [2.05, 4.69) is 60.7 Å². The lowest BCUT2D eigenvalue weighted by atomic mass is 10.2. The minimum absolute atomic E-state index is 0.708. The van der Waals surface area contributed by atoms with Crippen LogP contribution in [0.15, 0.2) is 109 Å². The largest absolute Gasteiger partial charge is 0.298 e. The Morgan fingerprint density at radius 3 is 1.19 bits per heavy atom. The van der Waals surface area contributed by atoms with Crippen LogP contribution >= 0.6 is 15.8 Å². The zero-order valence-electron chi connectivity index (χ0n) is 17.7. The van der Waals surface area contributed by atoms with Gasteiger partial charge in [-0.05, 0) is 49.4 Å². The molecule has 0 saturated heterocycles. The van der Waals surface area contributed by atoms with Crippen LogP contribution in [0.25, 0.3) is 0 Å². The summed E-state index contributed by atoms with van der Waals surface area (Å²) in [7, 11) is -1.42. The number of hydrogen-bond donors (Lipinski definition) is 0. The van der Waals surface area contributed by atoms with E-state index in [1.807, 2.05) is 48.5 Å². The number of carbonyl (C=O) groups excluding carboxylic acids is 2. The van der Waals surface area contributed by atoms with Crippen LogP contribution in [0.3, 0.4) is 0 Å². The van der Waals surface area contributed by atoms with Crippen LogP contribution in [0.2, 0.25) is 0 Å². The maximum Gasteiger partial charge on any atom is 0.150 e. The molecule has 0 N–H and O–H groups in total. The molecule has 0 fully saturated rings. The second kappa shape index (κ2) is 11.1. The summed E-state index contributed by atoms with van der Waals surface area (Å²) in [6, 6.07) is 36.8. The molecule has 4 aromatic carbocycles. The highest BCUT2D eigenvalue weighted by Crippen LogP contribution is 2.42. The molecule has 158 valence electrons. The fraction of sp³-hybridized carbons (Fsp3) is 0.0714. The third-order valence-corrected chi connectivity index (χ3v) is 10.9. The van der Waals surface area contributed by atoms with Crippen molar-refractivity contribution in [1.82, 2.24) is 0 Å². The smallest absolute Gasteiger partial charge is 0.150 e. The number of rotatable bonds is 9. The van der Waals surface area contributed by atoms with Crippen LogP contribution in [0.1, 0.15) is 20.7 Å². The molecule has 0 bridgehead atoms. The fourth-order valence-electron chi connectivity index (χ4n) is 3.86. The van der Waals surface area contributed by atoms with E-state index < -0.39 is 15.8 Å². The lowest BCUT2D eigenvalue weighted by Gasteiger charge is -2.25. The van der Waals surface area contributed by atoms with E-state index in [9.17, 15) is 9.59 Å². The molecule has 4 heteroatoms. The van der Waals surface area contributed by atoms with Crippen molar-refractivity contribution in [2.45, 2.75) is 0 Å². The van der Waals surface area contributed by atoms with E-state index in [0.717, 1.165) is 46.6 Å². The normalized spacial score (nSPS) is 12.6. The van der Waals surface area contributed by atoms with Crippen molar-refractivity contribution in [3.05, 3.63) is 120 Å². The summed E-state index contributed by atoms with van der Waals surface area (Å²) in [5.74, 6) is 0. The molecule has 4 aromatic rings. The summed E-state index contributed by atoms with van der Waals surface area (Å²) in [6.45, 7) is 0. The summed E-state index contributed by atoms with van der Waals surface area (Å²) < 4.78 is 0. The Hall–Kier alpha value is -2.92. The van der Waals surface area contributed by atoms with Gasteiger partial charge >= 0.3 is 0 Å². The molecule has 32 heavy (non-hydrogen) atoms. The quantitative estimate of drug-likeness (QED) is 0.267. The number of hydrogen-bond acceptors (Lipinski definition) is 2. The first-order valence-electron chi connectivity index (χ1n) is 10.6. The van der Waals surface area contributed by atoms with Gasteiger partial charge in [-0.1, -0.05) is 109 Å². The Morgan fingerprint density at radius 2 is 0.812 bits per heavy atom. The number of carbonyl (C=O) groups is 2. The van der Waals surface area contributed by atoms with Crippen molar-refractivity contribution in [3.8, 4) is 0 Å². The van der Waals surface area contributed by atoms with E-state index in [1.165, 1.54) is 10.6 Å². The number of benzene rings is 4. The molecule has 4 rings (SSSR count). The summed E-state index contributed by atoms with van der Waals surface area (Å²) in [5.41, 5.74) is 1.53. The minimum Gasteiger partial charge on any atom is -0.298 e. The molecule has 0 aliphatic rings. The maximum absolute atomic E-state index is 11.8. The van der Waals surface area contributed by atoms with Crippen LogP contribution in [0.5, 0.6) is 0 Å². The lowest BCUT2D eigenvalue weighted by molar-refractivity contribution is 0.111. The van der Waals surface area contributed by atoms with Crippen LogP contribution < -0.4 is 21.2 Å². The Balaban J connectivity index is 1.74. The van der Waals surface area contributed by atoms with Crippen molar-refractivity contribution >= 4 is 49.6 Å². The molecule has 0 heterocycles. The lowest BCUT2D eigenvalue weighted by Crippen LogP contribution is -2.23. The molecule has 0 unspecified atom stereocenters. The molecule has 0 saturated carbocycles. The third-order valence-electron chi connectivity index (χ3n) is 5.39. The first kappa shape index (κ1) is 22.3. The van der Waals surface area contributed by atoms with Gasteiger partial charge in [0.15, 0.2) is 12.6 Å². The molecule has 0 spiro atoms. The van der Waals surface area contributed by atoms with E-state index in [0.29, 0.717) is 0 Å². The summed E-state index contributed by atoms with van der Waals surface area (Å²) in [6.07, 6.45) is 3.82. The van der Waals surface area contributed by atoms with E-state index in [-0.39, 0.29) is 0 Å². The standard InChI is InChI=1S/C28H24O2P2/c29-21-23-11-7-9-17-27(23)31(25-13-3-1-4-14-25)19-20-32(26-15-5-2-6-16-26)28-18-10-8-12-24(28)22-30/h1-18,21-22H,19-20H2/t31-,32-/m1/s1. The van der Waals surface area contributed by atoms with Gasteiger partial charge in [0.1, 0.15) is 0 Å². The average Bonchev–Trinajstić information content (AvgIpc) is 2.88. The highest BCUT2D eigenvalue weighted by Gasteiger charge is 2.22. The van der Waals surface area contributed by atoms with Crippen molar-refractivity contribution in [1.29, 1.82) is 0 Å². The topological polar surface area (TPSA) is 34.1 Å². The Bertz CT molecular complexity index is 1080. The van der Waals surface area contributed by atoms with Gasteiger partial charge in [-0.2, -0.15) is 0 Å². The first-order chi connectivity index (χ1) is 15.8. The molecular weight excluding hydrogens is 430 g/mol. The minimum atomic E-state index is -0.708. The molecule has 0 amide bonds. The molecule has 2 atom stereocenters. The zero-order valence-corrected chi connectivity index (χ0v) is 19.5. The molecule has 0 aliphatic heterocycles. The highest BCUT2D eigenvalue weighted by molar-refractivity contribution is 7.76. The van der Waals surface area contributed by atoms with Gasteiger partial charge in [0, 0.05) is 11.1 Å². The fourth-order valence-corrected chi connectivity index (χ4v) is 9.49. The van der Waals surface area contributed by atoms with Crippen molar-refractivity contribution < 1.29 is 9.59 Å². The maximum atomic E-state index is 11.8. The summed E-state index contributed by atoms with van der Waals surface area (Å²) in [4.78, 5) is 23.6. The van der Waals surface area contributed by atoms with Crippen molar-refractivity contribution in [2.75, 3.05) is 12.3 Å². The van der Waals surface area contributed by atoms with Gasteiger partial charge in [0.05, 0.1) is 0 Å². The van der Waals surface area contributed by atoms with Gasteiger partial charge in [-0.15, -0.1) is 0 Å². The second-order valence-corrected chi connectivity index (χ2v) is 11.9. The monoisotopic (exact) mass is 454 g/mol. The SMILES string of the molecule is O=Cc1ccccc1[P@](CC[P@](c1ccccc1)c1ccccc1C=O)c1ccccc1. The molecule has 0 radical (unpaired) electrons. The second-order valence-electron chi connectivity index (χ2n) is 7.33. The van der Waals surface area contributed by atoms with Crippen LogP contribution in [0, 0.1) is 0 Å². The first-order valence-corrected chi connectivity index (χ1v) is 13.6. The van der Waals surface area contributed by atoms with Gasteiger partial charge < -0.3 is 0 Å². The van der Waals surface area contributed by atoms with E-state index >= 15 is 0 Å². The average molecular weight is 454 g/mol. The molecule has 2 nitrogen and oxygen atoms in total. The molecular formula is C28H24O2P2. The van der Waals surface area contributed by atoms with Crippen LogP contribution in [0.4, 0.5) is 0 Å². The van der Waals surface area contributed by atoms with Crippen molar-refractivity contribution in [3.63, 3.8) is 0 Å². The van der Waals surface area contributed by atoms with Gasteiger partial charge in [-0.3, -0.25) is 9.59 Å². The van der Waals surface area contributed by atoms with E-state index in [4.69, 9.17) is 0 Å². The predicted octanol–water partition coefficient (Wildman–Crippen LogP) is 4.88. The Morgan fingerprint density at radius 1 is 0.469 bits per heavy atom. The van der Waals surface area contributed by atoms with Crippen LogP contribution in [-0.4, -0.2) is 24.9 Å². The van der Waals surface area contributed by atoms with Crippen LogP contribution in [-0.2, 0) is 0 Å². The van der Waals surface area contributed by atoms with E-state index in [1.54, 1.807) is 0 Å². The molecule has 0 aromatic heterocycles. The molecule has 0 aliphatic carbocycles. The Kier molecular flexibility index (Phi) is 7.73. The Labute approximate surface area is 191 Å². The predicted molar refractivity (Wildman–Crippen MR) is 139 cm³/mol.